The minimum atomic E-state index is -0.585. The van der Waals surface area contributed by atoms with E-state index in [9.17, 15) is 9.59 Å². The Balaban J connectivity index is 1.37. The van der Waals surface area contributed by atoms with E-state index in [4.69, 9.17) is 14.0 Å². The van der Waals surface area contributed by atoms with E-state index in [1.165, 1.54) is 11.3 Å². The fourth-order valence-electron chi connectivity index (χ4n) is 3.92. The Bertz CT molecular complexity index is 1540. The number of aromatic nitrogens is 1. The number of carbonyl (C=O) groups excluding carboxylic acids is 2. The zero-order chi connectivity index (χ0) is 25.1. The normalized spacial score (nSPS) is 11.7. The fraction of sp³-hybridized carbons (Fsp3) is 0.107. The molecule has 0 radical (unpaired) electrons. The van der Waals surface area contributed by atoms with Gasteiger partial charge in [-0.25, -0.2) is 4.79 Å². The van der Waals surface area contributed by atoms with Gasteiger partial charge in [-0.2, -0.15) is 0 Å². The maximum absolute atomic E-state index is 12.6. The summed E-state index contributed by atoms with van der Waals surface area (Å²) in [4.78, 5) is 24.2. The minimum Gasteiger partial charge on any atom is -0.441 e. The lowest BCUT2D eigenvalue weighted by atomic mass is 10.0. The Labute approximate surface area is 211 Å². The van der Waals surface area contributed by atoms with E-state index in [-0.39, 0.29) is 0 Å². The largest absolute Gasteiger partial charge is 0.441 e. The molecular formula is C28H22N2O5S. The number of benzene rings is 3. The summed E-state index contributed by atoms with van der Waals surface area (Å²) in [5, 5.41) is 9.43. The molecule has 0 bridgehead atoms. The van der Waals surface area contributed by atoms with Crippen LogP contribution in [0.15, 0.2) is 83.4 Å². The van der Waals surface area contributed by atoms with Crippen LogP contribution in [0.4, 0.5) is 10.5 Å². The highest BCUT2D eigenvalue weighted by Crippen LogP contribution is 2.36. The molecule has 5 aromatic rings. The number of nitrogens with one attached hydrogen (secondary N) is 1. The molecule has 0 spiro atoms. The van der Waals surface area contributed by atoms with Gasteiger partial charge in [0.05, 0.1) is 0 Å². The Morgan fingerprint density at radius 2 is 1.72 bits per heavy atom. The van der Waals surface area contributed by atoms with Gasteiger partial charge in [-0.05, 0) is 60.0 Å². The first-order chi connectivity index (χ1) is 17.5. The van der Waals surface area contributed by atoms with Crippen LogP contribution in [-0.2, 0) is 9.53 Å². The van der Waals surface area contributed by atoms with Crippen molar-refractivity contribution in [2.45, 2.75) is 20.0 Å². The Morgan fingerprint density at radius 1 is 1.00 bits per heavy atom. The van der Waals surface area contributed by atoms with Crippen LogP contribution in [0.1, 0.15) is 24.3 Å². The van der Waals surface area contributed by atoms with Crippen molar-refractivity contribution in [2.75, 3.05) is 5.32 Å². The lowest BCUT2D eigenvalue weighted by Crippen LogP contribution is -2.16. The maximum Gasteiger partial charge on any atom is 0.412 e. The van der Waals surface area contributed by atoms with E-state index in [1.807, 2.05) is 73.7 Å². The van der Waals surface area contributed by atoms with E-state index in [1.54, 1.807) is 13.0 Å². The number of ether oxygens (including phenoxy) is 2. The molecule has 8 heteroatoms. The monoisotopic (exact) mass is 498 g/mol. The van der Waals surface area contributed by atoms with Crippen molar-refractivity contribution in [3.05, 3.63) is 90.1 Å². The third kappa shape index (κ3) is 4.85. The van der Waals surface area contributed by atoms with E-state index in [0.29, 0.717) is 28.7 Å². The SMILES string of the molecule is Cc1noc(-c2ccc3cc(-c4ccc(OC=O)s4)ccc3c2)c1NC(=O)OC(C)c1ccccc1. The number of aryl methyl sites for hydroxylation is 1. The summed E-state index contributed by atoms with van der Waals surface area (Å²) in [6.07, 6.45) is -0.993. The number of thiophene rings is 1. The summed E-state index contributed by atoms with van der Waals surface area (Å²) in [5.74, 6) is 0.455. The van der Waals surface area contributed by atoms with Gasteiger partial charge in [-0.1, -0.05) is 71.1 Å². The van der Waals surface area contributed by atoms with Gasteiger partial charge in [0.15, 0.2) is 10.8 Å². The number of amides is 1. The topological polar surface area (TPSA) is 90.7 Å². The van der Waals surface area contributed by atoms with Crippen LogP contribution < -0.4 is 10.1 Å². The van der Waals surface area contributed by atoms with Crippen LogP contribution in [-0.4, -0.2) is 17.7 Å². The molecule has 2 aromatic heterocycles. The van der Waals surface area contributed by atoms with Crippen molar-refractivity contribution >= 4 is 40.4 Å². The maximum atomic E-state index is 12.6. The van der Waals surface area contributed by atoms with Gasteiger partial charge >= 0.3 is 6.09 Å². The molecule has 0 aliphatic carbocycles. The van der Waals surface area contributed by atoms with Crippen LogP contribution in [0.25, 0.3) is 32.5 Å². The summed E-state index contributed by atoms with van der Waals surface area (Å²) in [7, 11) is 0. The molecule has 0 saturated heterocycles. The lowest BCUT2D eigenvalue weighted by molar-refractivity contribution is -0.120. The predicted molar refractivity (Wildman–Crippen MR) is 139 cm³/mol. The Morgan fingerprint density at radius 3 is 2.47 bits per heavy atom. The molecule has 2 heterocycles. The average molecular weight is 499 g/mol. The van der Waals surface area contributed by atoms with Crippen molar-refractivity contribution in [1.82, 2.24) is 5.16 Å². The molecule has 1 atom stereocenters. The van der Waals surface area contributed by atoms with E-state index in [2.05, 4.69) is 16.5 Å². The zero-order valence-electron chi connectivity index (χ0n) is 19.6. The highest BCUT2D eigenvalue weighted by atomic mass is 32.1. The number of nitrogens with zero attached hydrogens (tertiary/aromatic N) is 1. The lowest BCUT2D eigenvalue weighted by Gasteiger charge is -2.14. The summed E-state index contributed by atoms with van der Waals surface area (Å²) < 4.78 is 16.1. The minimum absolute atomic E-state index is 0.408. The van der Waals surface area contributed by atoms with Gasteiger partial charge in [0.2, 0.25) is 0 Å². The first-order valence-electron chi connectivity index (χ1n) is 11.3. The number of hydrogen-bond donors (Lipinski definition) is 1. The summed E-state index contributed by atoms with van der Waals surface area (Å²) in [6, 6.07) is 25.2. The number of fused-ring (bicyclic) bond motifs is 1. The number of rotatable bonds is 7. The molecule has 1 unspecified atom stereocenters. The molecule has 7 nitrogen and oxygen atoms in total. The second-order valence-corrected chi connectivity index (χ2v) is 9.21. The highest BCUT2D eigenvalue weighted by Gasteiger charge is 2.20. The Kier molecular flexibility index (Phi) is 6.51. The molecule has 5 rings (SSSR count). The predicted octanol–water partition coefficient (Wildman–Crippen LogP) is 7.38. The van der Waals surface area contributed by atoms with E-state index >= 15 is 0 Å². The molecule has 0 aliphatic heterocycles. The van der Waals surface area contributed by atoms with E-state index in [0.717, 1.165) is 32.3 Å². The van der Waals surface area contributed by atoms with Crippen molar-refractivity contribution in [3.8, 4) is 26.8 Å². The summed E-state index contributed by atoms with van der Waals surface area (Å²) in [5.41, 5.74) is 3.72. The van der Waals surface area contributed by atoms with Crippen LogP contribution in [0.5, 0.6) is 5.06 Å². The van der Waals surface area contributed by atoms with Crippen LogP contribution in [0, 0.1) is 6.92 Å². The molecule has 0 aliphatic rings. The summed E-state index contributed by atoms with van der Waals surface area (Å²) >= 11 is 1.40. The third-order valence-electron chi connectivity index (χ3n) is 5.78. The van der Waals surface area contributed by atoms with Crippen LogP contribution in [0.3, 0.4) is 0 Å². The van der Waals surface area contributed by atoms with Crippen LogP contribution in [0.2, 0.25) is 0 Å². The highest BCUT2D eigenvalue weighted by molar-refractivity contribution is 7.17. The van der Waals surface area contributed by atoms with Crippen molar-refractivity contribution < 1.29 is 23.6 Å². The van der Waals surface area contributed by atoms with Crippen LogP contribution >= 0.6 is 11.3 Å². The zero-order valence-corrected chi connectivity index (χ0v) is 20.4. The molecule has 180 valence electrons. The van der Waals surface area contributed by atoms with Gasteiger partial charge in [0.25, 0.3) is 6.47 Å². The van der Waals surface area contributed by atoms with Gasteiger partial charge in [0, 0.05) is 10.4 Å². The number of carbonyl (C=O) groups is 2. The second kappa shape index (κ2) is 10.1. The molecular weight excluding hydrogens is 476 g/mol. The van der Waals surface area contributed by atoms with Crippen molar-refractivity contribution in [2.24, 2.45) is 0 Å². The average Bonchev–Trinajstić information content (AvgIpc) is 3.51. The van der Waals surface area contributed by atoms with Gasteiger partial charge in [-0.15, -0.1) is 0 Å². The van der Waals surface area contributed by atoms with Crippen molar-refractivity contribution in [1.29, 1.82) is 0 Å². The molecule has 1 amide bonds. The standard InChI is InChI=1S/C28H22N2O5S/c1-17-26(29-28(32)34-18(2)19-6-4-3-5-7-19)27(35-30-17)23-11-9-20-14-22(10-8-21(20)15-23)24-12-13-25(36-24)33-16-31/h3-16,18H,1-2H3,(H,29,32). The molecule has 1 N–H and O–H groups in total. The quantitative estimate of drug-likeness (QED) is 0.236. The fourth-order valence-corrected chi connectivity index (χ4v) is 4.75. The van der Waals surface area contributed by atoms with Gasteiger partial charge < -0.3 is 14.0 Å². The van der Waals surface area contributed by atoms with Crippen molar-refractivity contribution in [3.63, 3.8) is 0 Å². The molecule has 0 fully saturated rings. The van der Waals surface area contributed by atoms with Gasteiger partial charge in [-0.3, -0.25) is 10.1 Å². The first-order valence-corrected chi connectivity index (χ1v) is 12.1. The molecule has 36 heavy (non-hydrogen) atoms. The number of hydrogen-bond acceptors (Lipinski definition) is 7. The molecule has 0 saturated carbocycles. The van der Waals surface area contributed by atoms with E-state index < -0.39 is 12.2 Å². The molecule has 3 aromatic carbocycles. The third-order valence-corrected chi connectivity index (χ3v) is 6.80. The smallest absolute Gasteiger partial charge is 0.412 e. The second-order valence-electron chi connectivity index (χ2n) is 8.16. The van der Waals surface area contributed by atoms with Gasteiger partial charge in [0.1, 0.15) is 17.5 Å². The number of anilines is 1. The first kappa shape index (κ1) is 23.3. The summed E-state index contributed by atoms with van der Waals surface area (Å²) in [6.45, 7) is 4.01. The Hall–Kier alpha value is -4.43.